The standard InChI is InChI=1S/C8H8ClF2NS2/c1-5(10)6(11)2-3-13-8-12-4-7(9)14-8/h4H,2-3H2,1H3/b6-5+. The van der Waals surface area contributed by atoms with E-state index < -0.39 is 11.7 Å². The highest BCUT2D eigenvalue weighted by Crippen LogP contribution is 2.28. The lowest BCUT2D eigenvalue weighted by atomic mass is 10.4. The molecule has 0 radical (unpaired) electrons. The van der Waals surface area contributed by atoms with Gasteiger partial charge >= 0.3 is 0 Å². The van der Waals surface area contributed by atoms with Gasteiger partial charge in [-0.25, -0.2) is 13.8 Å². The Morgan fingerprint density at radius 1 is 1.64 bits per heavy atom. The van der Waals surface area contributed by atoms with Gasteiger partial charge in [-0.1, -0.05) is 34.7 Å². The lowest BCUT2D eigenvalue weighted by Crippen LogP contribution is -1.82. The van der Waals surface area contributed by atoms with Crippen LogP contribution in [0.1, 0.15) is 13.3 Å². The van der Waals surface area contributed by atoms with Crippen molar-refractivity contribution in [2.24, 2.45) is 0 Å². The van der Waals surface area contributed by atoms with Gasteiger partial charge in [0.25, 0.3) is 0 Å². The normalized spacial score (nSPS) is 12.9. The van der Waals surface area contributed by atoms with E-state index in [1.165, 1.54) is 23.1 Å². The van der Waals surface area contributed by atoms with Crippen LogP contribution < -0.4 is 0 Å². The zero-order valence-corrected chi connectivity index (χ0v) is 9.78. The summed E-state index contributed by atoms with van der Waals surface area (Å²) in [5.74, 6) is -0.973. The maximum atomic E-state index is 12.7. The molecule has 1 aromatic rings. The molecule has 0 unspecified atom stereocenters. The van der Waals surface area contributed by atoms with Gasteiger partial charge in [0, 0.05) is 12.2 Å². The van der Waals surface area contributed by atoms with E-state index in [0.29, 0.717) is 10.1 Å². The van der Waals surface area contributed by atoms with Crippen molar-refractivity contribution < 1.29 is 8.78 Å². The van der Waals surface area contributed by atoms with Gasteiger partial charge in [0.15, 0.2) is 4.34 Å². The Bertz CT molecular complexity index is 334. The average molecular weight is 256 g/mol. The zero-order chi connectivity index (χ0) is 10.6. The number of thiazole rings is 1. The van der Waals surface area contributed by atoms with Crippen LogP contribution in [0, 0.1) is 0 Å². The summed E-state index contributed by atoms with van der Waals surface area (Å²) in [5.41, 5.74) is 0. The minimum atomic E-state index is -0.747. The molecule has 78 valence electrons. The van der Waals surface area contributed by atoms with Crippen LogP contribution in [0.25, 0.3) is 0 Å². The molecule has 0 bridgehead atoms. The van der Waals surface area contributed by atoms with Crippen LogP contribution in [0.5, 0.6) is 0 Å². The third-order valence-corrected chi connectivity index (χ3v) is 3.65. The first kappa shape index (κ1) is 11.9. The fraction of sp³-hybridized carbons (Fsp3) is 0.375. The number of thioether (sulfide) groups is 1. The van der Waals surface area contributed by atoms with Gasteiger partial charge in [0.05, 0.1) is 6.20 Å². The Balaban J connectivity index is 2.32. The summed E-state index contributed by atoms with van der Waals surface area (Å²) in [6.07, 6.45) is 1.63. The Kier molecular flexibility index (Phi) is 4.84. The Hall–Kier alpha value is -0.130. The molecule has 1 heterocycles. The second kappa shape index (κ2) is 5.68. The minimum Gasteiger partial charge on any atom is -0.237 e. The molecule has 1 aromatic heterocycles. The summed E-state index contributed by atoms with van der Waals surface area (Å²) in [4.78, 5) is 3.97. The van der Waals surface area contributed by atoms with Gasteiger partial charge in [-0.2, -0.15) is 0 Å². The van der Waals surface area contributed by atoms with Crippen molar-refractivity contribution in [3.63, 3.8) is 0 Å². The second-order valence-corrected chi connectivity index (χ2v) is 5.47. The molecule has 0 spiro atoms. The van der Waals surface area contributed by atoms with Crippen molar-refractivity contribution in [3.8, 4) is 0 Å². The Morgan fingerprint density at radius 3 is 2.86 bits per heavy atom. The number of allylic oxidation sites excluding steroid dienone is 2. The van der Waals surface area contributed by atoms with Crippen LogP contribution in [0.4, 0.5) is 8.78 Å². The maximum Gasteiger partial charge on any atom is 0.151 e. The first-order chi connectivity index (χ1) is 6.59. The SMILES string of the molecule is C/C(F)=C(\F)CCSc1ncc(Cl)s1. The number of halogens is 3. The molecule has 0 aliphatic carbocycles. The quantitative estimate of drug-likeness (QED) is 0.738. The van der Waals surface area contributed by atoms with E-state index in [1.54, 1.807) is 6.20 Å². The lowest BCUT2D eigenvalue weighted by molar-refractivity contribution is 0.519. The van der Waals surface area contributed by atoms with Gasteiger partial charge < -0.3 is 0 Å². The average Bonchev–Trinajstić information content (AvgIpc) is 2.51. The van der Waals surface area contributed by atoms with Gasteiger partial charge in [0.1, 0.15) is 16.0 Å². The molecular formula is C8H8ClF2NS2. The lowest BCUT2D eigenvalue weighted by Gasteiger charge is -1.96. The smallest absolute Gasteiger partial charge is 0.151 e. The van der Waals surface area contributed by atoms with E-state index in [2.05, 4.69) is 4.98 Å². The van der Waals surface area contributed by atoms with Crippen LogP contribution in [-0.2, 0) is 0 Å². The number of rotatable bonds is 4. The minimum absolute atomic E-state index is 0.0875. The van der Waals surface area contributed by atoms with Gasteiger partial charge in [0.2, 0.25) is 0 Å². The van der Waals surface area contributed by atoms with E-state index in [4.69, 9.17) is 11.6 Å². The molecule has 0 fully saturated rings. The van der Waals surface area contributed by atoms with Crippen molar-refractivity contribution in [1.29, 1.82) is 0 Å². The fourth-order valence-electron chi connectivity index (χ4n) is 0.706. The molecular weight excluding hydrogens is 248 g/mol. The molecule has 0 saturated heterocycles. The van der Waals surface area contributed by atoms with Crippen molar-refractivity contribution in [2.75, 3.05) is 5.75 Å². The molecule has 14 heavy (non-hydrogen) atoms. The predicted molar refractivity (Wildman–Crippen MR) is 57.4 cm³/mol. The zero-order valence-electron chi connectivity index (χ0n) is 7.39. The summed E-state index contributed by atoms with van der Waals surface area (Å²) in [6.45, 7) is 1.11. The second-order valence-electron chi connectivity index (χ2n) is 2.47. The van der Waals surface area contributed by atoms with Crippen molar-refractivity contribution >= 4 is 34.7 Å². The summed E-state index contributed by atoms with van der Waals surface area (Å²) in [5, 5.41) is 0. The molecule has 0 aliphatic heterocycles. The summed E-state index contributed by atoms with van der Waals surface area (Å²) in [6, 6.07) is 0. The third kappa shape index (κ3) is 3.94. The van der Waals surface area contributed by atoms with Crippen molar-refractivity contribution in [1.82, 2.24) is 4.98 Å². The van der Waals surface area contributed by atoms with Crippen molar-refractivity contribution in [3.05, 3.63) is 22.2 Å². The molecule has 1 nitrogen and oxygen atoms in total. The molecule has 6 heteroatoms. The molecule has 0 N–H and O–H groups in total. The molecule has 0 amide bonds. The van der Waals surface area contributed by atoms with E-state index in [1.807, 2.05) is 0 Å². The fourth-order valence-corrected chi connectivity index (χ4v) is 2.83. The van der Waals surface area contributed by atoms with Crippen LogP contribution >= 0.6 is 34.7 Å². The summed E-state index contributed by atoms with van der Waals surface area (Å²) < 4.78 is 26.3. The van der Waals surface area contributed by atoms with Gasteiger partial charge in [-0.3, -0.25) is 0 Å². The van der Waals surface area contributed by atoms with Crippen LogP contribution in [0.15, 0.2) is 22.2 Å². The summed E-state index contributed by atoms with van der Waals surface area (Å²) >= 11 is 8.35. The number of hydrogen-bond acceptors (Lipinski definition) is 3. The van der Waals surface area contributed by atoms with Crippen molar-refractivity contribution in [2.45, 2.75) is 17.7 Å². The topological polar surface area (TPSA) is 12.9 Å². The largest absolute Gasteiger partial charge is 0.237 e. The highest BCUT2D eigenvalue weighted by molar-refractivity contribution is 8.01. The highest BCUT2D eigenvalue weighted by atomic mass is 35.5. The number of nitrogens with zero attached hydrogens (tertiary/aromatic N) is 1. The number of hydrogen-bond donors (Lipinski definition) is 0. The number of aromatic nitrogens is 1. The molecule has 1 rings (SSSR count). The van der Waals surface area contributed by atoms with E-state index in [9.17, 15) is 8.78 Å². The Morgan fingerprint density at radius 2 is 2.36 bits per heavy atom. The predicted octanol–water partition coefficient (Wildman–Crippen LogP) is 4.45. The summed E-state index contributed by atoms with van der Waals surface area (Å²) in [7, 11) is 0. The molecule has 0 atom stereocenters. The first-order valence-electron chi connectivity index (χ1n) is 3.84. The third-order valence-electron chi connectivity index (χ3n) is 1.38. The molecule has 0 aromatic carbocycles. The first-order valence-corrected chi connectivity index (χ1v) is 6.02. The van der Waals surface area contributed by atoms with Gasteiger partial charge in [-0.15, -0.1) is 0 Å². The highest BCUT2D eigenvalue weighted by Gasteiger charge is 2.04. The molecule has 0 saturated carbocycles. The van der Waals surface area contributed by atoms with Gasteiger partial charge in [-0.05, 0) is 6.92 Å². The molecule has 0 aliphatic rings. The Labute approximate surface area is 94.2 Å². The van der Waals surface area contributed by atoms with E-state index in [-0.39, 0.29) is 6.42 Å². The van der Waals surface area contributed by atoms with E-state index >= 15 is 0 Å². The van der Waals surface area contributed by atoms with Crippen LogP contribution in [0.3, 0.4) is 0 Å². The maximum absolute atomic E-state index is 12.7. The van der Waals surface area contributed by atoms with Crippen LogP contribution in [-0.4, -0.2) is 10.7 Å². The monoisotopic (exact) mass is 255 g/mol. The van der Waals surface area contributed by atoms with E-state index in [0.717, 1.165) is 11.3 Å². The van der Waals surface area contributed by atoms with Crippen LogP contribution in [0.2, 0.25) is 4.34 Å².